The number of urea groups is 1. The van der Waals surface area contributed by atoms with Crippen LogP contribution in [0.5, 0.6) is 0 Å². The van der Waals surface area contributed by atoms with Gasteiger partial charge in [-0.25, -0.2) is 4.79 Å². The molecule has 0 radical (unpaired) electrons. The normalized spacial score (nSPS) is 19.9. The summed E-state index contributed by atoms with van der Waals surface area (Å²) < 4.78 is 0. The summed E-state index contributed by atoms with van der Waals surface area (Å²) in [5.74, 6) is -0.181. The first kappa shape index (κ1) is 18.7. The predicted octanol–water partition coefficient (Wildman–Crippen LogP) is 3.15. The van der Waals surface area contributed by atoms with Crippen LogP contribution in [0.25, 0.3) is 0 Å². The summed E-state index contributed by atoms with van der Waals surface area (Å²) in [5.41, 5.74) is 2.50. The first-order valence-corrected chi connectivity index (χ1v) is 9.26. The Kier molecular flexibility index (Phi) is 4.54. The Morgan fingerprint density at radius 2 is 1.86 bits per heavy atom. The average molecular weight is 392 g/mol. The molecular weight excluding hydrogens is 372 g/mol. The average Bonchev–Trinajstić information content (AvgIpc) is 3.08. The fraction of sp³-hybridized carbons (Fsp3) is 0.238. The van der Waals surface area contributed by atoms with E-state index in [1.807, 2.05) is 37.3 Å². The number of hydrogen-bond acceptors (Lipinski definition) is 4. The molecule has 2 heterocycles. The lowest BCUT2D eigenvalue weighted by Gasteiger charge is -2.31. The Morgan fingerprint density at radius 1 is 1.14 bits per heavy atom. The van der Waals surface area contributed by atoms with Gasteiger partial charge >= 0.3 is 6.03 Å². The third-order valence-corrected chi connectivity index (χ3v) is 5.55. The lowest BCUT2D eigenvalue weighted by molar-refractivity contribution is -0.384. The van der Waals surface area contributed by atoms with Crippen molar-refractivity contribution in [2.75, 3.05) is 13.6 Å². The van der Waals surface area contributed by atoms with Crippen molar-refractivity contribution in [1.29, 1.82) is 0 Å². The number of hydrogen-bond donors (Lipinski definition) is 1. The molecule has 2 aromatic rings. The van der Waals surface area contributed by atoms with Crippen molar-refractivity contribution in [1.82, 2.24) is 15.1 Å². The van der Waals surface area contributed by atoms with E-state index in [0.29, 0.717) is 23.4 Å². The minimum absolute atomic E-state index is 0.0854. The van der Waals surface area contributed by atoms with Gasteiger partial charge in [0, 0.05) is 19.2 Å². The summed E-state index contributed by atoms with van der Waals surface area (Å²) in [6, 6.07) is 14.5. The number of rotatable bonds is 4. The van der Waals surface area contributed by atoms with Crippen LogP contribution >= 0.6 is 0 Å². The summed E-state index contributed by atoms with van der Waals surface area (Å²) in [5, 5.41) is 14.0. The predicted molar refractivity (Wildman–Crippen MR) is 106 cm³/mol. The standard InChI is InChI=1S/C21H20N4O4/c1-13(14-7-4-3-5-8-14)24-12-17-18(20(24)26)19(22-21(27)23(17)2)15-9-6-10-16(11-15)25(28)29/h3-11,13,19H,12H2,1-2H3,(H,22,27)/t13-,19-/m1/s1. The lowest BCUT2D eigenvalue weighted by atomic mass is 9.95. The van der Waals surface area contributed by atoms with E-state index in [0.717, 1.165) is 5.56 Å². The number of nitrogens with zero attached hydrogens (tertiary/aromatic N) is 3. The van der Waals surface area contributed by atoms with Crippen LogP contribution in [0.1, 0.15) is 30.1 Å². The van der Waals surface area contributed by atoms with Crippen LogP contribution in [-0.2, 0) is 4.79 Å². The Labute approximate surface area is 167 Å². The number of amides is 3. The highest BCUT2D eigenvalue weighted by Gasteiger charge is 2.44. The number of nitrogens with one attached hydrogen (secondary N) is 1. The highest BCUT2D eigenvalue weighted by atomic mass is 16.6. The Hall–Kier alpha value is -3.68. The number of carbonyl (C=O) groups is 2. The van der Waals surface area contributed by atoms with Crippen molar-refractivity contribution in [3.05, 3.63) is 87.1 Å². The van der Waals surface area contributed by atoms with Gasteiger partial charge in [-0.1, -0.05) is 42.5 Å². The van der Waals surface area contributed by atoms with Crippen molar-refractivity contribution in [3.63, 3.8) is 0 Å². The lowest BCUT2D eigenvalue weighted by Crippen LogP contribution is -2.45. The largest absolute Gasteiger partial charge is 0.327 e. The van der Waals surface area contributed by atoms with E-state index in [9.17, 15) is 19.7 Å². The van der Waals surface area contributed by atoms with E-state index in [-0.39, 0.29) is 23.7 Å². The quantitative estimate of drug-likeness (QED) is 0.639. The molecule has 3 amide bonds. The summed E-state index contributed by atoms with van der Waals surface area (Å²) in [4.78, 5) is 39.7. The van der Waals surface area contributed by atoms with Crippen molar-refractivity contribution < 1.29 is 14.5 Å². The molecule has 0 saturated carbocycles. The van der Waals surface area contributed by atoms with Crippen LogP contribution in [0.3, 0.4) is 0 Å². The molecule has 8 nitrogen and oxygen atoms in total. The molecule has 2 atom stereocenters. The van der Waals surface area contributed by atoms with Crippen molar-refractivity contribution in [2.24, 2.45) is 0 Å². The van der Waals surface area contributed by atoms with E-state index in [2.05, 4.69) is 5.32 Å². The number of carbonyl (C=O) groups excluding carboxylic acids is 2. The van der Waals surface area contributed by atoms with E-state index < -0.39 is 11.0 Å². The van der Waals surface area contributed by atoms with Gasteiger partial charge in [0.1, 0.15) is 0 Å². The molecule has 0 aliphatic carbocycles. The third-order valence-electron chi connectivity index (χ3n) is 5.55. The summed E-state index contributed by atoms with van der Waals surface area (Å²) in [7, 11) is 1.62. The van der Waals surface area contributed by atoms with Gasteiger partial charge < -0.3 is 10.2 Å². The maximum absolute atomic E-state index is 13.4. The molecule has 0 aromatic heterocycles. The molecule has 4 rings (SSSR count). The minimum atomic E-state index is -0.728. The van der Waals surface area contributed by atoms with Crippen molar-refractivity contribution >= 4 is 17.6 Å². The Bertz CT molecular complexity index is 1030. The Balaban J connectivity index is 1.73. The number of likely N-dealkylation sites (N-methyl/N-ethyl adjacent to an activating group) is 1. The maximum atomic E-state index is 13.4. The SMILES string of the molecule is C[C@H](c1ccccc1)N1CC2=C(C1=O)[C@@H](c1cccc([N+](=O)[O-])c1)NC(=O)N2C. The van der Waals surface area contributed by atoms with E-state index in [4.69, 9.17) is 0 Å². The van der Waals surface area contributed by atoms with Gasteiger partial charge in [0.2, 0.25) is 0 Å². The molecule has 2 aliphatic heterocycles. The van der Waals surface area contributed by atoms with Crippen LogP contribution in [0.2, 0.25) is 0 Å². The van der Waals surface area contributed by atoms with Gasteiger partial charge in [0.05, 0.1) is 34.8 Å². The van der Waals surface area contributed by atoms with Gasteiger partial charge in [0.15, 0.2) is 0 Å². The second kappa shape index (κ2) is 7.05. The van der Waals surface area contributed by atoms with Gasteiger partial charge in [-0.3, -0.25) is 19.8 Å². The smallest absolute Gasteiger partial charge is 0.322 e. The highest BCUT2D eigenvalue weighted by Crippen LogP contribution is 2.39. The zero-order valence-corrected chi connectivity index (χ0v) is 16.0. The molecule has 0 bridgehead atoms. The molecule has 0 unspecified atom stereocenters. The molecule has 148 valence electrons. The molecule has 2 aliphatic rings. The number of benzene rings is 2. The second-order valence-corrected chi connectivity index (χ2v) is 7.17. The van der Waals surface area contributed by atoms with Crippen molar-refractivity contribution in [3.8, 4) is 0 Å². The number of nitro groups is 1. The molecule has 29 heavy (non-hydrogen) atoms. The van der Waals surface area contributed by atoms with Crippen LogP contribution in [-0.4, -0.2) is 40.3 Å². The summed E-state index contributed by atoms with van der Waals surface area (Å²) in [6.45, 7) is 2.25. The zero-order chi connectivity index (χ0) is 20.7. The first-order valence-electron chi connectivity index (χ1n) is 9.26. The van der Waals surface area contributed by atoms with Crippen LogP contribution in [0, 0.1) is 10.1 Å². The van der Waals surface area contributed by atoms with E-state index in [1.165, 1.54) is 17.0 Å². The molecule has 2 aromatic carbocycles. The topological polar surface area (TPSA) is 95.8 Å². The second-order valence-electron chi connectivity index (χ2n) is 7.17. The highest BCUT2D eigenvalue weighted by molar-refractivity contribution is 6.01. The fourth-order valence-corrected chi connectivity index (χ4v) is 3.88. The summed E-state index contributed by atoms with van der Waals surface area (Å²) >= 11 is 0. The Morgan fingerprint density at radius 3 is 2.55 bits per heavy atom. The van der Waals surface area contributed by atoms with Gasteiger partial charge in [-0.2, -0.15) is 0 Å². The summed E-state index contributed by atoms with van der Waals surface area (Å²) in [6.07, 6.45) is 0. The first-order chi connectivity index (χ1) is 13.9. The molecule has 0 fully saturated rings. The van der Waals surface area contributed by atoms with Crippen molar-refractivity contribution in [2.45, 2.75) is 19.0 Å². The fourth-order valence-electron chi connectivity index (χ4n) is 3.88. The molecule has 1 N–H and O–H groups in total. The van der Waals surface area contributed by atoms with Gasteiger partial charge in [0.25, 0.3) is 11.6 Å². The van der Waals surface area contributed by atoms with E-state index in [1.54, 1.807) is 24.1 Å². The van der Waals surface area contributed by atoms with Gasteiger partial charge in [-0.05, 0) is 18.1 Å². The molecule has 0 saturated heterocycles. The van der Waals surface area contributed by atoms with E-state index >= 15 is 0 Å². The van der Waals surface area contributed by atoms with Crippen LogP contribution in [0.4, 0.5) is 10.5 Å². The van der Waals surface area contributed by atoms with Crippen LogP contribution < -0.4 is 5.32 Å². The molecule has 8 heteroatoms. The van der Waals surface area contributed by atoms with Gasteiger partial charge in [-0.15, -0.1) is 0 Å². The van der Waals surface area contributed by atoms with Crippen LogP contribution in [0.15, 0.2) is 65.9 Å². The number of non-ortho nitro benzene ring substituents is 1. The third kappa shape index (κ3) is 3.12. The molecular formula is C21H20N4O4. The number of nitro benzene ring substituents is 1. The molecule has 0 spiro atoms. The monoisotopic (exact) mass is 392 g/mol. The maximum Gasteiger partial charge on any atom is 0.322 e. The zero-order valence-electron chi connectivity index (χ0n) is 16.0. The minimum Gasteiger partial charge on any atom is -0.327 e.